The summed E-state index contributed by atoms with van der Waals surface area (Å²) in [4.78, 5) is 4.94. The van der Waals surface area contributed by atoms with Gasteiger partial charge in [0.25, 0.3) is 0 Å². The Labute approximate surface area is 164 Å². The van der Waals surface area contributed by atoms with E-state index < -0.39 is 0 Å². The molecule has 0 bridgehead atoms. The second kappa shape index (κ2) is 5.99. The number of hydrogen-bond acceptors (Lipinski definition) is 2. The summed E-state index contributed by atoms with van der Waals surface area (Å²) in [6, 6.07) is 14.3. The maximum Gasteiger partial charge on any atom is 1.00 e. The summed E-state index contributed by atoms with van der Waals surface area (Å²) in [6.07, 6.45) is 2.64. The summed E-state index contributed by atoms with van der Waals surface area (Å²) in [5.74, 6) is 0. The summed E-state index contributed by atoms with van der Waals surface area (Å²) in [5, 5.41) is 0. The van der Waals surface area contributed by atoms with E-state index in [1.807, 2.05) is 0 Å². The number of aryl methyl sites for hydroxylation is 2. The molecule has 1 radical (unpaired) electrons. The van der Waals surface area contributed by atoms with Gasteiger partial charge in [-0.1, -0.05) is 58.5 Å². The Hall–Kier alpha value is -1.60. The fourth-order valence-corrected chi connectivity index (χ4v) is 4.29. The molecule has 25 heavy (non-hydrogen) atoms. The zero-order chi connectivity index (χ0) is 17.2. The van der Waals surface area contributed by atoms with Crippen molar-refractivity contribution < 1.29 is 19.5 Å². The van der Waals surface area contributed by atoms with Gasteiger partial charge in [-0.05, 0) is 18.6 Å². The third-order valence-corrected chi connectivity index (χ3v) is 5.83. The Morgan fingerprint density at radius 2 is 1.76 bits per heavy atom. The number of rotatable bonds is 1. The van der Waals surface area contributed by atoms with Crippen LogP contribution in [0.5, 0.6) is 0 Å². The molecule has 2 aliphatic heterocycles. The van der Waals surface area contributed by atoms with Crippen LogP contribution in [0.1, 0.15) is 43.0 Å². The van der Waals surface area contributed by atoms with Crippen molar-refractivity contribution in [3.63, 3.8) is 0 Å². The molecule has 2 aliphatic rings. The molecule has 2 aromatic rings. The van der Waals surface area contributed by atoms with Gasteiger partial charge in [-0.3, -0.25) is 0 Å². The molecule has 0 unspecified atom stereocenters. The Morgan fingerprint density at radius 1 is 1.08 bits per heavy atom. The molecule has 0 amide bonds. The molecular formula is C22H25N2Ru. The minimum absolute atomic E-state index is 0. The molecule has 0 N–H and O–H groups in total. The summed E-state index contributed by atoms with van der Waals surface area (Å²) in [6.45, 7) is 13.5. The van der Waals surface area contributed by atoms with Gasteiger partial charge in [-0.25, -0.2) is 0 Å². The molecular weight excluding hydrogens is 393 g/mol. The van der Waals surface area contributed by atoms with Crippen LogP contribution in [0, 0.1) is 26.8 Å². The first-order valence-corrected chi connectivity index (χ1v) is 8.72. The number of benzene rings is 2. The van der Waals surface area contributed by atoms with Crippen LogP contribution >= 0.6 is 0 Å². The molecule has 2 nitrogen and oxygen atoms in total. The third-order valence-electron chi connectivity index (χ3n) is 5.83. The predicted octanol–water partition coefficient (Wildman–Crippen LogP) is 5.21. The summed E-state index contributed by atoms with van der Waals surface area (Å²) >= 11 is 0. The van der Waals surface area contributed by atoms with E-state index >= 15 is 0 Å². The molecule has 2 aromatic carbocycles. The van der Waals surface area contributed by atoms with E-state index in [1.165, 1.54) is 39.3 Å². The van der Waals surface area contributed by atoms with Gasteiger partial charge in [0.1, 0.15) is 6.17 Å². The first-order valence-electron chi connectivity index (χ1n) is 8.72. The fourth-order valence-electron chi connectivity index (χ4n) is 4.29. The van der Waals surface area contributed by atoms with Gasteiger partial charge in [0.15, 0.2) is 0 Å². The molecule has 4 rings (SSSR count). The van der Waals surface area contributed by atoms with Crippen molar-refractivity contribution in [1.82, 2.24) is 0 Å². The van der Waals surface area contributed by atoms with Gasteiger partial charge in [-0.2, -0.15) is 17.7 Å². The fraction of sp³-hybridized carbons (Fsp3) is 0.364. The normalized spacial score (nSPS) is 20.1. The van der Waals surface area contributed by atoms with Crippen LogP contribution in [0.25, 0.3) is 0 Å². The maximum atomic E-state index is 3.37. The third kappa shape index (κ3) is 2.39. The Morgan fingerprint density at radius 3 is 2.48 bits per heavy atom. The van der Waals surface area contributed by atoms with Crippen molar-refractivity contribution in [3.05, 3.63) is 70.5 Å². The van der Waals surface area contributed by atoms with Gasteiger partial charge in [0.2, 0.25) is 0 Å². The van der Waals surface area contributed by atoms with Gasteiger partial charge in [-0.15, -0.1) is 11.1 Å². The van der Waals surface area contributed by atoms with E-state index in [1.54, 1.807) is 0 Å². The van der Waals surface area contributed by atoms with Crippen LogP contribution in [0.3, 0.4) is 0 Å². The Bertz CT molecular complexity index is 866. The van der Waals surface area contributed by atoms with Gasteiger partial charge >= 0.3 is 19.5 Å². The van der Waals surface area contributed by atoms with Crippen LogP contribution in [-0.2, 0) is 24.9 Å². The van der Waals surface area contributed by atoms with E-state index in [0.717, 1.165) is 0 Å². The number of allylic oxidation sites excluding steroid dienone is 1. The molecule has 0 saturated heterocycles. The van der Waals surface area contributed by atoms with Gasteiger partial charge in [0, 0.05) is 23.0 Å². The molecule has 2 heterocycles. The summed E-state index contributed by atoms with van der Waals surface area (Å²) in [5.41, 5.74) is 9.37. The van der Waals surface area contributed by atoms with E-state index in [4.69, 9.17) is 0 Å². The Kier molecular flexibility index (Phi) is 4.36. The molecule has 1 atom stereocenters. The predicted molar refractivity (Wildman–Crippen MR) is 101 cm³/mol. The van der Waals surface area contributed by atoms with Crippen LogP contribution in [0.2, 0.25) is 0 Å². The molecule has 0 saturated carbocycles. The van der Waals surface area contributed by atoms with Crippen LogP contribution < -0.4 is 9.80 Å². The molecule has 131 valence electrons. The van der Waals surface area contributed by atoms with Crippen LogP contribution in [0.15, 0.2) is 42.2 Å². The topological polar surface area (TPSA) is 6.48 Å². The van der Waals surface area contributed by atoms with Crippen LogP contribution in [0.4, 0.5) is 11.4 Å². The van der Waals surface area contributed by atoms with E-state index in [9.17, 15) is 0 Å². The monoisotopic (exact) mass is 419 g/mol. The molecule has 3 heteroatoms. The second-order valence-corrected chi connectivity index (χ2v) is 7.64. The molecule has 0 spiro atoms. The number of para-hydroxylation sites is 1. The van der Waals surface area contributed by atoms with Crippen molar-refractivity contribution in [1.29, 1.82) is 0 Å². The smallest absolute Gasteiger partial charge is 0.348 e. The van der Waals surface area contributed by atoms with Gasteiger partial charge in [0.05, 0.1) is 0 Å². The minimum Gasteiger partial charge on any atom is -0.348 e. The van der Waals surface area contributed by atoms with Crippen molar-refractivity contribution >= 4 is 11.4 Å². The van der Waals surface area contributed by atoms with Gasteiger partial charge < -0.3 is 9.80 Å². The van der Waals surface area contributed by atoms with Crippen molar-refractivity contribution in [2.24, 2.45) is 0 Å². The standard InChI is InChI=1S/C22H25N2.Ru/c1-14-11-12-15(2)21(16(14)3)23-13-20-22(5,6)18-9-7-8-10-19(18)24(20)17(23)4;/h7-10,12-13,17H,1-6H3;/q-1;+1/t17-;/m1./s1. The van der Waals surface area contributed by atoms with E-state index in [-0.39, 0.29) is 31.1 Å². The number of nitrogens with zero attached hydrogens (tertiary/aromatic N) is 2. The number of fused-ring (bicyclic) bond motifs is 3. The largest absolute Gasteiger partial charge is 1.00 e. The number of anilines is 2. The SMILES string of the molecule is Cc1[c-]cc(C)c(N2C=C3N(c4ccccc4C3(C)C)[C@@H]2C)c1C.[Ru+]. The molecule has 0 fully saturated rings. The summed E-state index contributed by atoms with van der Waals surface area (Å²) < 4.78 is 0. The van der Waals surface area contributed by atoms with Crippen molar-refractivity contribution in [2.75, 3.05) is 9.80 Å². The Balaban J connectivity index is 0.00000182. The van der Waals surface area contributed by atoms with Crippen molar-refractivity contribution in [3.8, 4) is 0 Å². The first-order chi connectivity index (χ1) is 11.3. The zero-order valence-electron chi connectivity index (χ0n) is 15.8. The average Bonchev–Trinajstić information content (AvgIpc) is 3.00. The molecule has 0 aromatic heterocycles. The van der Waals surface area contributed by atoms with E-state index in [2.05, 4.69) is 93.9 Å². The molecule has 0 aliphatic carbocycles. The summed E-state index contributed by atoms with van der Waals surface area (Å²) in [7, 11) is 0. The first kappa shape index (κ1) is 18.2. The number of hydrogen-bond donors (Lipinski definition) is 0. The minimum atomic E-state index is 0. The maximum absolute atomic E-state index is 3.37. The second-order valence-electron chi connectivity index (χ2n) is 7.64. The van der Waals surface area contributed by atoms with Crippen molar-refractivity contribution in [2.45, 2.75) is 53.1 Å². The van der Waals surface area contributed by atoms with E-state index in [0.29, 0.717) is 0 Å². The average molecular weight is 419 g/mol. The van der Waals surface area contributed by atoms with Crippen LogP contribution in [-0.4, -0.2) is 6.17 Å². The zero-order valence-corrected chi connectivity index (χ0v) is 17.5. The quantitative estimate of drug-likeness (QED) is 0.463.